The van der Waals surface area contributed by atoms with E-state index < -0.39 is 16.4 Å². The van der Waals surface area contributed by atoms with E-state index in [0.717, 1.165) is 33.5 Å². The number of likely N-dealkylation sites (tertiary alicyclic amines) is 1. The van der Waals surface area contributed by atoms with E-state index >= 15 is 0 Å². The first-order valence-electron chi connectivity index (χ1n) is 10.2. The van der Waals surface area contributed by atoms with E-state index in [-0.39, 0.29) is 12.5 Å². The van der Waals surface area contributed by atoms with Gasteiger partial charge >= 0.3 is 0 Å². The summed E-state index contributed by atoms with van der Waals surface area (Å²) in [6, 6.07) is 28.2. The van der Waals surface area contributed by atoms with Crippen molar-refractivity contribution in [3.05, 3.63) is 89.5 Å². The predicted molar refractivity (Wildman–Crippen MR) is 116 cm³/mol. The number of para-hydroxylation sites is 1. The SMILES string of the molecule is CN1CC(C#N)(C#N)C2(c3ccccc3-c3ccccc32)[C@@]12C(=O)Nc1ccccc12. The van der Waals surface area contributed by atoms with Crippen LogP contribution in [-0.4, -0.2) is 24.4 Å². The number of nitriles is 2. The van der Waals surface area contributed by atoms with E-state index in [9.17, 15) is 15.3 Å². The normalized spacial score (nSPS) is 23.6. The number of hydrogen-bond donors (Lipinski definition) is 1. The first kappa shape index (κ1) is 17.9. The van der Waals surface area contributed by atoms with E-state index in [2.05, 4.69) is 17.5 Å². The molecule has 0 saturated carbocycles. The number of nitrogens with zero attached hydrogens (tertiary/aromatic N) is 3. The van der Waals surface area contributed by atoms with Gasteiger partial charge in [-0.1, -0.05) is 66.7 Å². The molecule has 0 aromatic heterocycles. The highest BCUT2D eigenvalue weighted by atomic mass is 16.2. The second-order valence-electron chi connectivity index (χ2n) is 8.54. The van der Waals surface area contributed by atoms with E-state index in [1.807, 2.05) is 84.7 Å². The highest BCUT2D eigenvalue weighted by molar-refractivity contribution is 6.10. The smallest absolute Gasteiger partial charge is 0.250 e. The van der Waals surface area contributed by atoms with Crippen LogP contribution in [0.4, 0.5) is 5.69 Å². The van der Waals surface area contributed by atoms with Crippen molar-refractivity contribution in [1.29, 1.82) is 10.5 Å². The standard InChI is InChI=1S/C26H18N4O/c1-30-16-24(14-27,15-28)25(26(30)21-12-6-7-13-22(21)29-23(26)31)19-10-4-2-8-17(19)18-9-3-5-11-20(18)25/h2-13H,16H2,1H3,(H,29,31)/t26-/m1/s1. The molecule has 1 amide bonds. The van der Waals surface area contributed by atoms with Gasteiger partial charge in [-0.3, -0.25) is 9.69 Å². The molecule has 1 atom stereocenters. The van der Waals surface area contributed by atoms with Gasteiger partial charge in [-0.25, -0.2) is 0 Å². The minimum Gasteiger partial charge on any atom is -0.324 e. The summed E-state index contributed by atoms with van der Waals surface area (Å²) >= 11 is 0. The Balaban J connectivity index is 1.89. The first-order valence-corrected chi connectivity index (χ1v) is 10.2. The van der Waals surface area contributed by atoms with Crippen LogP contribution >= 0.6 is 0 Å². The van der Waals surface area contributed by atoms with Gasteiger partial charge < -0.3 is 5.32 Å². The second-order valence-corrected chi connectivity index (χ2v) is 8.54. The van der Waals surface area contributed by atoms with E-state index in [1.54, 1.807) is 0 Å². The van der Waals surface area contributed by atoms with Crippen LogP contribution < -0.4 is 5.32 Å². The number of hydrogen-bond acceptors (Lipinski definition) is 4. The van der Waals surface area contributed by atoms with E-state index in [4.69, 9.17) is 0 Å². The van der Waals surface area contributed by atoms with Crippen LogP contribution in [0, 0.1) is 28.1 Å². The number of fused-ring (bicyclic) bond motifs is 8. The van der Waals surface area contributed by atoms with Crippen molar-refractivity contribution in [2.75, 3.05) is 18.9 Å². The number of carbonyl (C=O) groups excluding carboxylic acids is 1. The van der Waals surface area contributed by atoms with Gasteiger partial charge in [0.2, 0.25) is 0 Å². The zero-order valence-electron chi connectivity index (χ0n) is 16.9. The average Bonchev–Trinajstić information content (AvgIpc) is 3.37. The molecule has 0 unspecified atom stereocenters. The van der Waals surface area contributed by atoms with Crippen LogP contribution in [-0.2, 0) is 15.7 Å². The lowest BCUT2D eigenvalue weighted by atomic mass is 9.52. The summed E-state index contributed by atoms with van der Waals surface area (Å²) in [4.78, 5) is 15.9. The second kappa shape index (κ2) is 5.60. The molecule has 3 aromatic rings. The van der Waals surface area contributed by atoms with Gasteiger partial charge in [-0.05, 0) is 35.4 Å². The molecule has 5 nitrogen and oxygen atoms in total. The van der Waals surface area contributed by atoms with Crippen molar-refractivity contribution < 1.29 is 4.79 Å². The fourth-order valence-electron chi connectivity index (χ4n) is 6.53. The summed E-state index contributed by atoms with van der Waals surface area (Å²) in [5.41, 5.74) is 1.33. The Bertz CT molecular complexity index is 1320. The van der Waals surface area contributed by atoms with Gasteiger partial charge in [0.1, 0.15) is 5.54 Å². The Morgan fingerprint density at radius 2 is 1.35 bits per heavy atom. The molecule has 1 saturated heterocycles. The molecule has 3 aromatic carbocycles. The number of carbonyl (C=O) groups is 1. The Morgan fingerprint density at radius 3 is 1.94 bits per heavy atom. The molecule has 0 bridgehead atoms. The molecule has 2 heterocycles. The summed E-state index contributed by atoms with van der Waals surface area (Å²) in [5.74, 6) is -0.199. The average molecular weight is 402 g/mol. The van der Waals surface area contributed by atoms with Crippen LogP contribution in [0.5, 0.6) is 0 Å². The monoisotopic (exact) mass is 402 g/mol. The summed E-state index contributed by atoms with van der Waals surface area (Å²) in [7, 11) is 1.85. The van der Waals surface area contributed by atoms with Gasteiger partial charge in [-0.2, -0.15) is 10.5 Å². The molecule has 31 heavy (non-hydrogen) atoms. The number of nitrogens with one attached hydrogen (secondary N) is 1. The van der Waals surface area contributed by atoms with Crippen LogP contribution in [0.2, 0.25) is 0 Å². The number of likely N-dealkylation sites (N-methyl/N-ethyl adjacent to an activating group) is 1. The van der Waals surface area contributed by atoms with Gasteiger partial charge in [0.05, 0.1) is 17.6 Å². The number of amides is 1. The summed E-state index contributed by atoms with van der Waals surface area (Å²) < 4.78 is 0. The third kappa shape index (κ3) is 1.64. The minimum atomic E-state index is -1.46. The maximum atomic E-state index is 14.0. The summed E-state index contributed by atoms with van der Waals surface area (Å²) in [6.45, 7) is 0.157. The molecule has 2 aliphatic heterocycles. The fourth-order valence-corrected chi connectivity index (χ4v) is 6.53. The molecular weight excluding hydrogens is 384 g/mol. The van der Waals surface area contributed by atoms with Crippen LogP contribution in [0.3, 0.4) is 0 Å². The maximum absolute atomic E-state index is 14.0. The molecule has 1 fully saturated rings. The number of rotatable bonds is 0. The lowest BCUT2D eigenvalue weighted by Crippen LogP contribution is -2.59. The minimum absolute atomic E-state index is 0.157. The van der Waals surface area contributed by atoms with Crippen molar-refractivity contribution in [3.63, 3.8) is 0 Å². The van der Waals surface area contributed by atoms with Crippen molar-refractivity contribution in [2.45, 2.75) is 11.0 Å². The Kier molecular flexibility index (Phi) is 3.23. The maximum Gasteiger partial charge on any atom is 0.250 e. The van der Waals surface area contributed by atoms with E-state index in [0.29, 0.717) is 0 Å². The topological polar surface area (TPSA) is 79.9 Å². The van der Waals surface area contributed by atoms with Crippen molar-refractivity contribution in [3.8, 4) is 23.3 Å². The van der Waals surface area contributed by atoms with Crippen LogP contribution in [0.25, 0.3) is 11.1 Å². The van der Waals surface area contributed by atoms with Gasteiger partial charge in [0, 0.05) is 17.8 Å². The molecule has 148 valence electrons. The fraction of sp³-hybridized carbons (Fsp3) is 0.192. The largest absolute Gasteiger partial charge is 0.324 e. The zero-order valence-corrected chi connectivity index (χ0v) is 16.9. The van der Waals surface area contributed by atoms with Gasteiger partial charge in [0.25, 0.3) is 5.91 Å². The zero-order chi connectivity index (χ0) is 21.4. The van der Waals surface area contributed by atoms with Crippen LogP contribution in [0.15, 0.2) is 72.8 Å². The third-order valence-corrected chi connectivity index (χ3v) is 7.46. The predicted octanol–water partition coefficient (Wildman–Crippen LogP) is 3.78. The Labute approximate surface area is 180 Å². The molecule has 5 heteroatoms. The molecule has 0 radical (unpaired) electrons. The lowest BCUT2D eigenvalue weighted by molar-refractivity contribution is -0.128. The van der Waals surface area contributed by atoms with Gasteiger partial charge in [0.15, 0.2) is 5.41 Å². The van der Waals surface area contributed by atoms with Crippen molar-refractivity contribution in [1.82, 2.24) is 4.90 Å². The highest BCUT2D eigenvalue weighted by Crippen LogP contribution is 2.71. The van der Waals surface area contributed by atoms with Crippen molar-refractivity contribution in [2.24, 2.45) is 5.41 Å². The summed E-state index contributed by atoms with van der Waals surface area (Å²) in [5, 5.41) is 24.2. The molecule has 6 rings (SSSR count). The van der Waals surface area contributed by atoms with Crippen molar-refractivity contribution >= 4 is 11.6 Å². The number of benzene rings is 3. The third-order valence-electron chi connectivity index (χ3n) is 7.46. The van der Waals surface area contributed by atoms with Gasteiger partial charge in [-0.15, -0.1) is 0 Å². The Hall–Kier alpha value is -3.93. The summed E-state index contributed by atoms with van der Waals surface area (Å²) in [6.07, 6.45) is 0. The molecule has 2 spiro atoms. The molecule has 1 N–H and O–H groups in total. The molecule has 3 aliphatic rings. The first-order chi connectivity index (χ1) is 15.1. The quantitative estimate of drug-likeness (QED) is 0.621. The van der Waals surface area contributed by atoms with E-state index in [1.165, 1.54) is 0 Å². The lowest BCUT2D eigenvalue weighted by Gasteiger charge is -2.46. The highest BCUT2D eigenvalue weighted by Gasteiger charge is 2.80. The van der Waals surface area contributed by atoms with Crippen LogP contribution in [0.1, 0.15) is 16.7 Å². The number of anilines is 1. The Morgan fingerprint density at radius 1 is 0.839 bits per heavy atom. The molecule has 1 aliphatic carbocycles. The molecular formula is C26H18N4O.